The fourth-order valence-corrected chi connectivity index (χ4v) is 3.89. The van der Waals surface area contributed by atoms with Crippen molar-refractivity contribution in [2.75, 3.05) is 5.32 Å². The van der Waals surface area contributed by atoms with Gasteiger partial charge in [-0.25, -0.2) is 4.98 Å². The fourth-order valence-electron chi connectivity index (χ4n) is 3.69. The summed E-state index contributed by atoms with van der Waals surface area (Å²) in [5.74, 6) is 0.0889. The zero-order valence-electron chi connectivity index (χ0n) is 16.0. The van der Waals surface area contributed by atoms with Crippen LogP contribution in [0.5, 0.6) is 0 Å². The lowest BCUT2D eigenvalue weighted by atomic mass is 9.92. The van der Waals surface area contributed by atoms with E-state index in [1.807, 2.05) is 22.8 Å². The van der Waals surface area contributed by atoms with Crippen LogP contribution in [0.4, 0.5) is 5.95 Å². The van der Waals surface area contributed by atoms with Gasteiger partial charge in [0.05, 0.1) is 33.6 Å². The number of hydrogen-bond donors (Lipinski definition) is 2. The molecule has 0 spiro atoms. The van der Waals surface area contributed by atoms with Gasteiger partial charge in [0, 0.05) is 6.04 Å². The average Bonchev–Trinajstić information content (AvgIpc) is 2.96. The van der Waals surface area contributed by atoms with Gasteiger partial charge in [0.2, 0.25) is 11.9 Å². The number of aliphatic hydroxyl groups is 1. The Morgan fingerprint density at radius 1 is 1.38 bits per heavy atom. The molecule has 2 N–H and O–H groups in total. The largest absolute Gasteiger partial charge is 0.385 e. The molecule has 2 aromatic carbocycles. The van der Waals surface area contributed by atoms with E-state index in [1.165, 1.54) is 0 Å². The van der Waals surface area contributed by atoms with Crippen LogP contribution in [0.3, 0.4) is 0 Å². The highest BCUT2D eigenvalue weighted by Gasteiger charge is 2.29. The van der Waals surface area contributed by atoms with Crippen LogP contribution < -0.4 is 5.32 Å². The summed E-state index contributed by atoms with van der Waals surface area (Å²) in [6, 6.07) is 14.8. The average molecular weight is 409 g/mol. The van der Waals surface area contributed by atoms with Crippen LogP contribution in [0, 0.1) is 11.3 Å². The molecule has 7 heteroatoms. The van der Waals surface area contributed by atoms with Crippen LogP contribution in [-0.2, 0) is 10.4 Å². The molecule has 1 atom stereocenters. The fraction of sp³-hybridized carbons (Fsp3) is 0.318. The molecular weight excluding hydrogens is 388 g/mol. The van der Waals surface area contributed by atoms with Gasteiger partial charge < -0.3 is 9.67 Å². The molecule has 1 heterocycles. The molecule has 0 aliphatic heterocycles. The highest BCUT2D eigenvalue weighted by Crippen LogP contribution is 2.38. The Bertz CT molecular complexity index is 1110. The molecule has 1 aliphatic carbocycles. The van der Waals surface area contributed by atoms with Crippen LogP contribution >= 0.6 is 11.6 Å². The second-order valence-corrected chi connectivity index (χ2v) is 8.09. The van der Waals surface area contributed by atoms with Gasteiger partial charge >= 0.3 is 0 Å². The summed E-state index contributed by atoms with van der Waals surface area (Å²) < 4.78 is 1.98. The first-order valence-corrected chi connectivity index (χ1v) is 9.96. The number of nitrogens with one attached hydrogen (secondary N) is 1. The van der Waals surface area contributed by atoms with Crippen LogP contribution in [0.2, 0.25) is 5.02 Å². The summed E-state index contributed by atoms with van der Waals surface area (Å²) in [6.45, 7) is 1.62. The Balaban J connectivity index is 1.65. The predicted octanol–water partition coefficient (Wildman–Crippen LogP) is 4.52. The van der Waals surface area contributed by atoms with E-state index in [0.717, 1.165) is 24.8 Å². The number of nitriles is 1. The Morgan fingerprint density at radius 2 is 2.10 bits per heavy atom. The number of imidazole rings is 1. The zero-order valence-corrected chi connectivity index (χ0v) is 16.8. The molecule has 148 valence electrons. The molecule has 0 saturated heterocycles. The number of nitrogens with zero attached hydrogens (tertiary/aromatic N) is 3. The number of hydrogen-bond acceptors (Lipinski definition) is 4. The van der Waals surface area contributed by atoms with Crippen LogP contribution in [-0.4, -0.2) is 20.6 Å². The molecule has 0 radical (unpaired) electrons. The first kappa shape index (κ1) is 19.4. The molecule has 4 rings (SSSR count). The van der Waals surface area contributed by atoms with Crippen molar-refractivity contribution in [3.05, 3.63) is 58.6 Å². The van der Waals surface area contributed by atoms with E-state index < -0.39 is 5.60 Å². The summed E-state index contributed by atoms with van der Waals surface area (Å²) in [4.78, 5) is 17.3. The van der Waals surface area contributed by atoms with Gasteiger partial charge in [-0.3, -0.25) is 10.1 Å². The minimum atomic E-state index is -1.30. The Morgan fingerprint density at radius 3 is 2.72 bits per heavy atom. The third kappa shape index (κ3) is 3.71. The number of carbonyl (C=O) groups excluding carboxylic acids is 1. The van der Waals surface area contributed by atoms with Crippen LogP contribution in [0.15, 0.2) is 42.5 Å². The summed E-state index contributed by atoms with van der Waals surface area (Å²) in [5, 5.41) is 23.3. The van der Waals surface area contributed by atoms with Gasteiger partial charge in [0.1, 0.15) is 6.07 Å². The van der Waals surface area contributed by atoms with Crippen molar-refractivity contribution in [2.45, 2.75) is 44.2 Å². The zero-order chi connectivity index (χ0) is 20.6. The van der Waals surface area contributed by atoms with Gasteiger partial charge in [-0.1, -0.05) is 41.9 Å². The molecule has 6 nitrogen and oxygen atoms in total. The minimum Gasteiger partial charge on any atom is -0.385 e. The summed E-state index contributed by atoms with van der Waals surface area (Å²) >= 11 is 6.16. The first-order valence-electron chi connectivity index (χ1n) is 9.58. The molecule has 1 unspecified atom stereocenters. The molecule has 1 amide bonds. The number of rotatable bonds is 5. The number of carbonyl (C=O) groups is 1. The maximum atomic E-state index is 12.7. The maximum absolute atomic E-state index is 12.7. The Hall–Kier alpha value is -2.88. The van der Waals surface area contributed by atoms with Crippen molar-refractivity contribution in [1.29, 1.82) is 5.26 Å². The normalized spacial score (nSPS) is 16.1. The molecule has 1 saturated carbocycles. The third-order valence-electron chi connectivity index (χ3n) is 5.49. The molecule has 1 aliphatic rings. The standard InChI is InChI=1S/C22H21ClN4O2/c1-22(29,15-6-3-2-4-7-15)12-20(28)26-21-25-18-11-17(23)14(13-24)10-19(18)27(21)16-8-5-9-16/h2-4,6-7,10-11,16,29H,5,8-9,12H2,1H3,(H,25,26,28). The van der Waals surface area contributed by atoms with E-state index in [2.05, 4.69) is 16.4 Å². The number of aromatic nitrogens is 2. The highest BCUT2D eigenvalue weighted by atomic mass is 35.5. The summed E-state index contributed by atoms with van der Waals surface area (Å²) in [6.07, 6.45) is 2.98. The minimum absolute atomic E-state index is 0.102. The van der Waals surface area contributed by atoms with Crippen molar-refractivity contribution in [1.82, 2.24) is 9.55 Å². The van der Waals surface area contributed by atoms with E-state index in [9.17, 15) is 15.2 Å². The van der Waals surface area contributed by atoms with E-state index in [4.69, 9.17) is 11.6 Å². The SMILES string of the molecule is CC(O)(CC(=O)Nc1nc2cc(Cl)c(C#N)cc2n1C1CCC1)c1ccccc1. The van der Waals surface area contributed by atoms with Gasteiger partial charge in [0.25, 0.3) is 0 Å². The van der Waals surface area contributed by atoms with Crippen molar-refractivity contribution in [3.8, 4) is 6.07 Å². The molecule has 29 heavy (non-hydrogen) atoms. The van der Waals surface area contributed by atoms with Crippen molar-refractivity contribution in [3.63, 3.8) is 0 Å². The maximum Gasteiger partial charge on any atom is 0.229 e. The predicted molar refractivity (Wildman–Crippen MR) is 112 cm³/mol. The number of amides is 1. The molecule has 1 fully saturated rings. The number of benzene rings is 2. The van der Waals surface area contributed by atoms with Crippen molar-refractivity contribution in [2.24, 2.45) is 0 Å². The Kier molecular flexibility index (Phi) is 5.03. The van der Waals surface area contributed by atoms with Gasteiger partial charge in [0.15, 0.2) is 0 Å². The molecule has 3 aromatic rings. The van der Waals surface area contributed by atoms with Crippen LogP contribution in [0.1, 0.15) is 49.8 Å². The second-order valence-electron chi connectivity index (χ2n) is 7.69. The van der Waals surface area contributed by atoms with Crippen LogP contribution in [0.25, 0.3) is 11.0 Å². The third-order valence-corrected chi connectivity index (χ3v) is 5.80. The lowest BCUT2D eigenvalue weighted by Crippen LogP contribution is -2.30. The smallest absolute Gasteiger partial charge is 0.229 e. The number of anilines is 1. The number of halogens is 1. The Labute approximate surface area is 173 Å². The number of fused-ring (bicyclic) bond motifs is 1. The monoisotopic (exact) mass is 408 g/mol. The summed E-state index contributed by atoms with van der Waals surface area (Å²) in [5.41, 5.74) is 1.17. The first-order chi connectivity index (χ1) is 13.9. The lowest BCUT2D eigenvalue weighted by molar-refractivity contribution is -0.120. The second kappa shape index (κ2) is 7.51. The lowest BCUT2D eigenvalue weighted by Gasteiger charge is -2.29. The highest BCUT2D eigenvalue weighted by molar-refractivity contribution is 6.32. The molecule has 1 aromatic heterocycles. The molecular formula is C22H21ClN4O2. The quantitative estimate of drug-likeness (QED) is 0.649. The van der Waals surface area contributed by atoms with Gasteiger partial charge in [-0.05, 0) is 43.9 Å². The van der Waals surface area contributed by atoms with Crippen molar-refractivity contribution < 1.29 is 9.90 Å². The van der Waals surface area contributed by atoms with E-state index >= 15 is 0 Å². The van der Waals surface area contributed by atoms with Gasteiger partial charge in [-0.15, -0.1) is 0 Å². The van der Waals surface area contributed by atoms with Gasteiger partial charge in [-0.2, -0.15) is 5.26 Å². The topological polar surface area (TPSA) is 90.9 Å². The summed E-state index contributed by atoms with van der Waals surface area (Å²) in [7, 11) is 0. The van der Waals surface area contributed by atoms with Crippen molar-refractivity contribution >= 4 is 34.5 Å². The van der Waals surface area contributed by atoms with E-state index in [1.54, 1.807) is 31.2 Å². The van der Waals surface area contributed by atoms with E-state index in [0.29, 0.717) is 27.6 Å². The van der Waals surface area contributed by atoms with E-state index in [-0.39, 0.29) is 18.4 Å². The molecule has 0 bridgehead atoms.